The molecule has 0 aliphatic carbocycles. The van der Waals surface area contributed by atoms with Crippen LogP contribution in [0, 0.1) is 0 Å². The van der Waals surface area contributed by atoms with E-state index in [-0.39, 0.29) is 5.91 Å². The predicted octanol–water partition coefficient (Wildman–Crippen LogP) is 4.24. The van der Waals surface area contributed by atoms with Crippen LogP contribution < -0.4 is 5.32 Å². The van der Waals surface area contributed by atoms with Crippen molar-refractivity contribution in [3.63, 3.8) is 0 Å². The zero-order chi connectivity index (χ0) is 13.2. The Morgan fingerprint density at radius 3 is 2.78 bits per heavy atom. The molecular formula is C14H20BrNOS. The Morgan fingerprint density at radius 2 is 2.06 bits per heavy atom. The highest BCUT2D eigenvalue weighted by Crippen LogP contribution is 2.26. The molecule has 1 rings (SSSR count). The van der Waals surface area contributed by atoms with Crippen molar-refractivity contribution in [2.24, 2.45) is 0 Å². The van der Waals surface area contributed by atoms with Crippen LogP contribution in [0.2, 0.25) is 0 Å². The molecular weight excluding hydrogens is 310 g/mol. The number of unbranched alkanes of at least 4 members (excludes halogenated alkanes) is 3. The Kier molecular flexibility index (Phi) is 8.18. The highest BCUT2D eigenvalue weighted by Gasteiger charge is 2.04. The van der Waals surface area contributed by atoms with E-state index < -0.39 is 0 Å². The summed E-state index contributed by atoms with van der Waals surface area (Å²) in [5.74, 6) is 0.600. The lowest BCUT2D eigenvalue weighted by Gasteiger charge is -2.06. The van der Waals surface area contributed by atoms with Crippen molar-refractivity contribution in [2.45, 2.75) is 37.5 Å². The summed E-state index contributed by atoms with van der Waals surface area (Å²) in [6, 6.07) is 7.96. The number of benzene rings is 1. The highest BCUT2D eigenvalue weighted by atomic mass is 79.9. The number of carbonyl (C=O) groups excluding carboxylic acids is 1. The molecule has 0 saturated heterocycles. The molecule has 0 fully saturated rings. The summed E-state index contributed by atoms with van der Waals surface area (Å²) in [6.45, 7) is 2.99. The molecule has 0 radical (unpaired) electrons. The van der Waals surface area contributed by atoms with E-state index in [9.17, 15) is 4.79 Å². The van der Waals surface area contributed by atoms with Gasteiger partial charge in [0.2, 0.25) is 5.91 Å². The largest absolute Gasteiger partial charge is 0.355 e. The lowest BCUT2D eigenvalue weighted by atomic mass is 10.2. The molecule has 1 N–H and O–H groups in total. The Labute approximate surface area is 122 Å². The first kappa shape index (κ1) is 15.6. The second kappa shape index (κ2) is 9.45. The molecule has 0 spiro atoms. The summed E-state index contributed by atoms with van der Waals surface area (Å²) in [7, 11) is 0. The van der Waals surface area contributed by atoms with Gasteiger partial charge in [-0.1, -0.05) is 38.3 Å². The van der Waals surface area contributed by atoms with Crippen LogP contribution in [0.5, 0.6) is 0 Å². The predicted molar refractivity (Wildman–Crippen MR) is 82.0 cm³/mol. The zero-order valence-electron chi connectivity index (χ0n) is 10.7. The number of rotatable bonds is 8. The Hall–Kier alpha value is -0.480. The maximum absolute atomic E-state index is 11.6. The van der Waals surface area contributed by atoms with E-state index in [0.717, 1.165) is 22.3 Å². The van der Waals surface area contributed by atoms with Gasteiger partial charge in [0, 0.05) is 15.9 Å². The summed E-state index contributed by atoms with van der Waals surface area (Å²) in [6.07, 6.45) is 4.76. The molecule has 0 aliphatic heterocycles. The van der Waals surface area contributed by atoms with Gasteiger partial charge in [-0.15, -0.1) is 11.8 Å². The Morgan fingerprint density at radius 1 is 1.28 bits per heavy atom. The summed E-state index contributed by atoms with van der Waals surface area (Å²) >= 11 is 5.04. The van der Waals surface area contributed by atoms with Crippen molar-refractivity contribution >= 4 is 33.6 Å². The third-order valence-electron chi connectivity index (χ3n) is 2.55. The Bertz CT molecular complexity index is 371. The molecule has 0 atom stereocenters. The number of carbonyl (C=O) groups is 1. The summed E-state index contributed by atoms with van der Waals surface area (Å²) in [4.78, 5) is 12.7. The highest BCUT2D eigenvalue weighted by molar-refractivity contribution is 9.10. The minimum atomic E-state index is 0.118. The normalized spacial score (nSPS) is 10.3. The van der Waals surface area contributed by atoms with Crippen LogP contribution in [-0.2, 0) is 4.79 Å². The van der Waals surface area contributed by atoms with Crippen molar-refractivity contribution < 1.29 is 4.79 Å². The first-order chi connectivity index (χ1) is 8.74. The fourth-order valence-electron chi connectivity index (χ4n) is 1.54. The number of nitrogens with one attached hydrogen (secondary N) is 1. The summed E-state index contributed by atoms with van der Waals surface area (Å²) < 4.78 is 1.05. The van der Waals surface area contributed by atoms with E-state index in [4.69, 9.17) is 0 Å². The SMILES string of the molecule is CCCCCCNC(=O)CSc1ccccc1Br. The topological polar surface area (TPSA) is 29.1 Å². The minimum Gasteiger partial charge on any atom is -0.355 e. The molecule has 18 heavy (non-hydrogen) atoms. The van der Waals surface area contributed by atoms with E-state index in [0.29, 0.717) is 5.75 Å². The van der Waals surface area contributed by atoms with Gasteiger partial charge in [-0.25, -0.2) is 0 Å². The van der Waals surface area contributed by atoms with Crippen LogP contribution in [0.15, 0.2) is 33.6 Å². The van der Waals surface area contributed by atoms with Crippen LogP contribution in [-0.4, -0.2) is 18.2 Å². The average Bonchev–Trinajstić information content (AvgIpc) is 2.37. The number of thioether (sulfide) groups is 1. The van der Waals surface area contributed by atoms with Crippen molar-refractivity contribution in [2.75, 3.05) is 12.3 Å². The molecule has 0 aromatic heterocycles. The van der Waals surface area contributed by atoms with Gasteiger partial charge in [0.05, 0.1) is 5.75 Å². The number of amides is 1. The van der Waals surface area contributed by atoms with Gasteiger partial charge >= 0.3 is 0 Å². The van der Waals surface area contributed by atoms with Crippen LogP contribution in [0.3, 0.4) is 0 Å². The van der Waals surface area contributed by atoms with Gasteiger partial charge < -0.3 is 5.32 Å². The van der Waals surface area contributed by atoms with Crippen LogP contribution >= 0.6 is 27.7 Å². The lowest BCUT2D eigenvalue weighted by Crippen LogP contribution is -2.26. The van der Waals surface area contributed by atoms with Crippen LogP contribution in [0.25, 0.3) is 0 Å². The van der Waals surface area contributed by atoms with Crippen molar-refractivity contribution in [3.05, 3.63) is 28.7 Å². The van der Waals surface area contributed by atoms with Gasteiger partial charge in [0.25, 0.3) is 0 Å². The van der Waals surface area contributed by atoms with E-state index in [1.807, 2.05) is 24.3 Å². The number of hydrogen-bond acceptors (Lipinski definition) is 2. The first-order valence-corrected chi connectivity index (χ1v) is 8.16. The Balaban J connectivity index is 2.15. The lowest BCUT2D eigenvalue weighted by molar-refractivity contribution is -0.118. The molecule has 100 valence electrons. The maximum Gasteiger partial charge on any atom is 0.230 e. The second-order valence-electron chi connectivity index (χ2n) is 4.13. The standard InChI is InChI=1S/C14H20BrNOS/c1-2-3-4-7-10-16-14(17)11-18-13-9-6-5-8-12(13)15/h5-6,8-9H,2-4,7,10-11H2,1H3,(H,16,17). The second-order valence-corrected chi connectivity index (χ2v) is 6.00. The van der Waals surface area contributed by atoms with E-state index in [2.05, 4.69) is 28.2 Å². The number of hydrogen-bond donors (Lipinski definition) is 1. The van der Waals surface area contributed by atoms with E-state index in [1.165, 1.54) is 19.3 Å². The molecule has 2 nitrogen and oxygen atoms in total. The first-order valence-electron chi connectivity index (χ1n) is 6.38. The quantitative estimate of drug-likeness (QED) is 0.571. The third kappa shape index (κ3) is 6.45. The molecule has 1 aromatic carbocycles. The number of halogens is 1. The fraction of sp³-hybridized carbons (Fsp3) is 0.500. The van der Waals surface area contributed by atoms with E-state index in [1.54, 1.807) is 11.8 Å². The molecule has 0 bridgehead atoms. The molecule has 0 unspecified atom stereocenters. The van der Waals surface area contributed by atoms with Crippen molar-refractivity contribution in [3.8, 4) is 0 Å². The summed E-state index contributed by atoms with van der Waals surface area (Å²) in [5, 5.41) is 2.96. The van der Waals surface area contributed by atoms with Crippen molar-refractivity contribution in [1.82, 2.24) is 5.32 Å². The average molecular weight is 330 g/mol. The van der Waals surface area contributed by atoms with Gasteiger partial charge in [0.15, 0.2) is 0 Å². The maximum atomic E-state index is 11.6. The molecule has 0 aliphatic rings. The minimum absolute atomic E-state index is 0.118. The van der Waals surface area contributed by atoms with Crippen LogP contribution in [0.4, 0.5) is 0 Å². The molecule has 4 heteroatoms. The summed E-state index contributed by atoms with van der Waals surface area (Å²) in [5.41, 5.74) is 0. The van der Waals surface area contributed by atoms with Gasteiger partial charge in [-0.2, -0.15) is 0 Å². The molecule has 0 heterocycles. The van der Waals surface area contributed by atoms with E-state index >= 15 is 0 Å². The van der Waals surface area contributed by atoms with Gasteiger partial charge in [0.1, 0.15) is 0 Å². The van der Waals surface area contributed by atoms with Crippen LogP contribution in [0.1, 0.15) is 32.6 Å². The molecule has 1 aromatic rings. The zero-order valence-corrected chi connectivity index (χ0v) is 13.1. The van der Waals surface area contributed by atoms with Crippen molar-refractivity contribution in [1.29, 1.82) is 0 Å². The third-order valence-corrected chi connectivity index (χ3v) is 4.58. The smallest absolute Gasteiger partial charge is 0.230 e. The van der Waals surface area contributed by atoms with Gasteiger partial charge in [-0.3, -0.25) is 4.79 Å². The monoisotopic (exact) mass is 329 g/mol. The van der Waals surface area contributed by atoms with Gasteiger partial charge in [-0.05, 0) is 34.5 Å². The molecule has 1 amide bonds. The molecule has 0 saturated carbocycles. The fourth-order valence-corrected chi connectivity index (χ4v) is 2.93.